The van der Waals surface area contributed by atoms with Gasteiger partial charge in [-0.2, -0.15) is 0 Å². The van der Waals surface area contributed by atoms with Gasteiger partial charge in [0.05, 0.1) is 12.0 Å². The SMILES string of the molecule is CC(C)c1cncn1-c1ccc(N)c(F)c1. The third kappa shape index (κ3) is 1.78. The predicted molar refractivity (Wildman–Crippen MR) is 62.0 cm³/mol. The average Bonchev–Trinajstić information content (AvgIpc) is 2.71. The fourth-order valence-electron chi connectivity index (χ4n) is 1.61. The summed E-state index contributed by atoms with van der Waals surface area (Å²) < 4.78 is 15.2. The molecule has 0 saturated heterocycles. The molecule has 0 aliphatic carbocycles. The number of aromatic nitrogens is 2. The molecule has 0 saturated carbocycles. The number of imidazole rings is 1. The molecule has 16 heavy (non-hydrogen) atoms. The van der Waals surface area contributed by atoms with Gasteiger partial charge in [0.1, 0.15) is 5.82 Å². The van der Waals surface area contributed by atoms with Crippen LogP contribution in [0.5, 0.6) is 0 Å². The maximum atomic E-state index is 13.3. The van der Waals surface area contributed by atoms with Gasteiger partial charge in [-0.15, -0.1) is 0 Å². The lowest BCUT2D eigenvalue weighted by Gasteiger charge is -2.11. The van der Waals surface area contributed by atoms with Crippen LogP contribution in [-0.2, 0) is 0 Å². The van der Waals surface area contributed by atoms with Gasteiger partial charge in [-0.1, -0.05) is 13.8 Å². The highest BCUT2D eigenvalue weighted by Crippen LogP contribution is 2.21. The van der Waals surface area contributed by atoms with Crippen molar-refractivity contribution in [3.8, 4) is 5.69 Å². The van der Waals surface area contributed by atoms with Crippen LogP contribution in [0.1, 0.15) is 25.5 Å². The zero-order chi connectivity index (χ0) is 11.7. The predicted octanol–water partition coefficient (Wildman–Crippen LogP) is 2.72. The summed E-state index contributed by atoms with van der Waals surface area (Å²) in [5, 5.41) is 0. The lowest BCUT2D eigenvalue weighted by molar-refractivity contribution is 0.630. The molecule has 2 rings (SSSR count). The number of hydrogen-bond donors (Lipinski definition) is 1. The third-order valence-corrected chi connectivity index (χ3v) is 2.52. The van der Waals surface area contributed by atoms with E-state index in [1.54, 1.807) is 24.7 Å². The average molecular weight is 219 g/mol. The van der Waals surface area contributed by atoms with E-state index in [4.69, 9.17) is 5.73 Å². The Bertz CT molecular complexity index is 503. The zero-order valence-corrected chi connectivity index (χ0v) is 9.31. The van der Waals surface area contributed by atoms with E-state index in [1.807, 2.05) is 4.57 Å². The van der Waals surface area contributed by atoms with Crippen LogP contribution < -0.4 is 5.73 Å². The first-order chi connectivity index (χ1) is 7.59. The standard InChI is InChI=1S/C12H14FN3/c1-8(2)12-6-15-7-16(12)9-3-4-11(14)10(13)5-9/h3-8H,14H2,1-2H3. The molecule has 0 aliphatic heterocycles. The molecule has 0 aliphatic rings. The molecule has 0 amide bonds. The van der Waals surface area contributed by atoms with Crippen LogP contribution >= 0.6 is 0 Å². The summed E-state index contributed by atoms with van der Waals surface area (Å²) in [6.07, 6.45) is 3.47. The Labute approximate surface area is 93.7 Å². The number of nitrogens with zero attached hydrogens (tertiary/aromatic N) is 2. The molecule has 0 fully saturated rings. The first-order valence-electron chi connectivity index (χ1n) is 5.17. The quantitative estimate of drug-likeness (QED) is 0.789. The van der Waals surface area contributed by atoms with E-state index in [2.05, 4.69) is 18.8 Å². The van der Waals surface area contributed by atoms with Crippen LogP contribution in [0.25, 0.3) is 5.69 Å². The van der Waals surface area contributed by atoms with E-state index in [1.165, 1.54) is 6.07 Å². The fourth-order valence-corrected chi connectivity index (χ4v) is 1.61. The highest BCUT2D eigenvalue weighted by molar-refractivity contribution is 5.47. The number of rotatable bonds is 2. The van der Waals surface area contributed by atoms with Crippen molar-refractivity contribution >= 4 is 5.69 Å². The molecular formula is C12H14FN3. The zero-order valence-electron chi connectivity index (χ0n) is 9.31. The molecule has 2 aromatic rings. The second-order valence-corrected chi connectivity index (χ2v) is 4.05. The summed E-state index contributed by atoms with van der Waals surface area (Å²) >= 11 is 0. The van der Waals surface area contributed by atoms with E-state index >= 15 is 0 Å². The lowest BCUT2D eigenvalue weighted by Crippen LogP contribution is -2.02. The van der Waals surface area contributed by atoms with E-state index in [0.29, 0.717) is 5.92 Å². The molecule has 0 radical (unpaired) electrons. The molecule has 3 nitrogen and oxygen atoms in total. The molecule has 0 bridgehead atoms. The molecule has 1 aromatic carbocycles. The minimum atomic E-state index is -0.402. The second kappa shape index (κ2) is 3.96. The van der Waals surface area contributed by atoms with Crippen molar-refractivity contribution in [1.82, 2.24) is 9.55 Å². The molecule has 1 heterocycles. The lowest BCUT2D eigenvalue weighted by atomic mass is 10.1. The van der Waals surface area contributed by atoms with Crippen LogP contribution in [0.3, 0.4) is 0 Å². The maximum Gasteiger partial charge on any atom is 0.148 e. The monoisotopic (exact) mass is 219 g/mol. The van der Waals surface area contributed by atoms with Crippen molar-refractivity contribution in [1.29, 1.82) is 0 Å². The van der Waals surface area contributed by atoms with Crippen LogP contribution in [-0.4, -0.2) is 9.55 Å². The first kappa shape index (κ1) is 10.7. The van der Waals surface area contributed by atoms with Gasteiger partial charge in [0.15, 0.2) is 0 Å². The van der Waals surface area contributed by atoms with E-state index < -0.39 is 5.82 Å². The van der Waals surface area contributed by atoms with Gasteiger partial charge >= 0.3 is 0 Å². The Morgan fingerprint density at radius 3 is 2.75 bits per heavy atom. The van der Waals surface area contributed by atoms with E-state index in [0.717, 1.165) is 11.4 Å². The number of halogens is 1. The van der Waals surface area contributed by atoms with Gasteiger partial charge in [-0.3, -0.25) is 0 Å². The van der Waals surface area contributed by atoms with Crippen LogP contribution in [0.2, 0.25) is 0 Å². The van der Waals surface area contributed by atoms with Crippen molar-refractivity contribution in [2.75, 3.05) is 5.73 Å². The molecule has 84 valence electrons. The number of hydrogen-bond acceptors (Lipinski definition) is 2. The molecule has 2 N–H and O–H groups in total. The van der Waals surface area contributed by atoms with Crippen molar-refractivity contribution in [2.24, 2.45) is 0 Å². The summed E-state index contributed by atoms with van der Waals surface area (Å²) in [6, 6.07) is 4.77. The summed E-state index contributed by atoms with van der Waals surface area (Å²) in [5.41, 5.74) is 7.39. The van der Waals surface area contributed by atoms with Gasteiger partial charge in [-0.25, -0.2) is 9.37 Å². The molecule has 0 atom stereocenters. The van der Waals surface area contributed by atoms with E-state index in [9.17, 15) is 4.39 Å². The molecule has 0 spiro atoms. The van der Waals surface area contributed by atoms with E-state index in [-0.39, 0.29) is 5.69 Å². The van der Waals surface area contributed by atoms with Gasteiger partial charge in [0.25, 0.3) is 0 Å². The number of anilines is 1. The second-order valence-electron chi connectivity index (χ2n) is 4.05. The highest BCUT2D eigenvalue weighted by Gasteiger charge is 2.09. The number of benzene rings is 1. The molecule has 4 heteroatoms. The fraction of sp³-hybridized carbons (Fsp3) is 0.250. The van der Waals surface area contributed by atoms with Crippen LogP contribution in [0.15, 0.2) is 30.7 Å². The van der Waals surface area contributed by atoms with Crippen molar-refractivity contribution in [3.63, 3.8) is 0 Å². The summed E-state index contributed by atoms with van der Waals surface area (Å²) in [5.74, 6) is -0.0657. The Kier molecular flexibility index (Phi) is 2.64. The van der Waals surface area contributed by atoms with Crippen molar-refractivity contribution < 1.29 is 4.39 Å². The smallest absolute Gasteiger partial charge is 0.148 e. The Hall–Kier alpha value is -1.84. The Balaban J connectivity index is 2.50. The molecule has 1 aromatic heterocycles. The maximum absolute atomic E-state index is 13.3. The third-order valence-electron chi connectivity index (χ3n) is 2.52. The minimum absolute atomic E-state index is 0.162. The van der Waals surface area contributed by atoms with Crippen LogP contribution in [0, 0.1) is 5.82 Å². The highest BCUT2D eigenvalue weighted by atomic mass is 19.1. The van der Waals surface area contributed by atoms with Crippen LogP contribution in [0.4, 0.5) is 10.1 Å². The van der Waals surface area contributed by atoms with Gasteiger partial charge in [-0.05, 0) is 18.1 Å². The minimum Gasteiger partial charge on any atom is -0.396 e. The van der Waals surface area contributed by atoms with Gasteiger partial charge in [0.2, 0.25) is 0 Å². The molecule has 0 unspecified atom stereocenters. The number of nitrogen functional groups attached to an aromatic ring is 1. The first-order valence-corrected chi connectivity index (χ1v) is 5.17. The van der Waals surface area contributed by atoms with Crippen molar-refractivity contribution in [2.45, 2.75) is 19.8 Å². The van der Waals surface area contributed by atoms with Gasteiger partial charge in [0, 0.05) is 23.6 Å². The Morgan fingerprint density at radius 1 is 1.38 bits per heavy atom. The topological polar surface area (TPSA) is 43.8 Å². The van der Waals surface area contributed by atoms with Gasteiger partial charge < -0.3 is 10.3 Å². The Morgan fingerprint density at radius 2 is 2.12 bits per heavy atom. The summed E-state index contributed by atoms with van der Waals surface area (Å²) in [7, 11) is 0. The number of nitrogens with two attached hydrogens (primary N) is 1. The molecular weight excluding hydrogens is 205 g/mol. The summed E-state index contributed by atoms with van der Waals surface area (Å²) in [6.45, 7) is 4.14. The normalized spacial score (nSPS) is 11.0. The van der Waals surface area contributed by atoms with Crippen molar-refractivity contribution in [3.05, 3.63) is 42.2 Å². The largest absolute Gasteiger partial charge is 0.396 e. The summed E-state index contributed by atoms with van der Waals surface area (Å²) in [4.78, 5) is 4.08.